The molecule has 3 rings (SSSR count). The molecule has 0 bridgehead atoms. The molecule has 106 valence electrons. The maximum atomic E-state index is 13.9. The molecule has 0 spiro atoms. The number of hydrogen-bond acceptors (Lipinski definition) is 4. The van der Waals surface area contributed by atoms with Crippen molar-refractivity contribution in [1.29, 1.82) is 0 Å². The molecule has 3 nitrogen and oxygen atoms in total. The molecule has 0 atom stereocenters. The van der Waals surface area contributed by atoms with E-state index in [9.17, 15) is 4.39 Å². The van der Waals surface area contributed by atoms with Crippen LogP contribution in [-0.2, 0) is 6.54 Å². The van der Waals surface area contributed by atoms with Gasteiger partial charge in [-0.25, -0.2) is 14.4 Å². The highest BCUT2D eigenvalue weighted by atomic mass is 32.2. The smallest absolute Gasteiger partial charge is 0.140 e. The zero-order valence-electron chi connectivity index (χ0n) is 11.5. The van der Waals surface area contributed by atoms with Crippen LogP contribution in [-0.4, -0.2) is 16.2 Å². The van der Waals surface area contributed by atoms with E-state index >= 15 is 0 Å². The summed E-state index contributed by atoms with van der Waals surface area (Å²) in [6.07, 6.45) is 3.49. The molecule has 0 radical (unpaired) electrons. The number of rotatable bonds is 4. The van der Waals surface area contributed by atoms with Crippen molar-refractivity contribution >= 4 is 28.5 Å². The maximum Gasteiger partial charge on any atom is 0.140 e. The highest BCUT2D eigenvalue weighted by Gasteiger charge is 2.08. The first kappa shape index (κ1) is 13.8. The van der Waals surface area contributed by atoms with Gasteiger partial charge in [-0.15, -0.1) is 11.8 Å². The Morgan fingerprint density at radius 2 is 1.90 bits per heavy atom. The average molecular weight is 299 g/mol. The summed E-state index contributed by atoms with van der Waals surface area (Å²) in [6.45, 7) is 0.592. The number of thioether (sulfide) groups is 1. The molecule has 0 saturated carbocycles. The second-order valence-electron chi connectivity index (χ2n) is 4.56. The van der Waals surface area contributed by atoms with Gasteiger partial charge in [-0.1, -0.05) is 18.2 Å². The van der Waals surface area contributed by atoms with Gasteiger partial charge in [0.1, 0.15) is 18.0 Å². The van der Waals surface area contributed by atoms with Crippen LogP contribution < -0.4 is 5.32 Å². The molecule has 0 aliphatic heterocycles. The van der Waals surface area contributed by atoms with E-state index in [1.165, 1.54) is 17.3 Å². The Morgan fingerprint density at radius 3 is 2.67 bits per heavy atom. The lowest BCUT2D eigenvalue weighted by Crippen LogP contribution is -2.03. The van der Waals surface area contributed by atoms with Crippen LogP contribution in [0.4, 0.5) is 10.2 Å². The molecule has 3 aromatic rings. The van der Waals surface area contributed by atoms with Crippen LogP contribution in [0.1, 0.15) is 5.56 Å². The van der Waals surface area contributed by atoms with Gasteiger partial charge in [0, 0.05) is 11.4 Å². The fourth-order valence-corrected chi connectivity index (χ4v) is 2.54. The van der Waals surface area contributed by atoms with Crippen LogP contribution in [0.25, 0.3) is 10.9 Å². The maximum absolute atomic E-state index is 13.9. The van der Waals surface area contributed by atoms with Crippen LogP contribution in [0, 0.1) is 5.82 Å². The zero-order valence-corrected chi connectivity index (χ0v) is 12.3. The molecule has 0 aliphatic rings. The average Bonchev–Trinajstić information content (AvgIpc) is 2.53. The third-order valence-corrected chi connectivity index (χ3v) is 3.97. The van der Waals surface area contributed by atoms with Crippen molar-refractivity contribution in [3.8, 4) is 0 Å². The van der Waals surface area contributed by atoms with Gasteiger partial charge in [0.25, 0.3) is 0 Å². The molecule has 0 saturated heterocycles. The van der Waals surface area contributed by atoms with E-state index in [0.29, 0.717) is 23.3 Å². The molecule has 0 fully saturated rings. The Balaban J connectivity index is 1.84. The molecule has 1 heterocycles. The molecular weight excluding hydrogens is 285 g/mol. The Morgan fingerprint density at radius 1 is 1.10 bits per heavy atom. The molecule has 1 aromatic heterocycles. The lowest BCUT2D eigenvalue weighted by molar-refractivity contribution is 0.639. The summed E-state index contributed by atoms with van der Waals surface area (Å²) in [5, 5.41) is 3.62. The van der Waals surface area contributed by atoms with Crippen molar-refractivity contribution in [2.75, 3.05) is 11.6 Å². The lowest BCUT2D eigenvalue weighted by atomic mass is 10.2. The van der Waals surface area contributed by atoms with Crippen LogP contribution in [0.3, 0.4) is 0 Å². The highest BCUT2D eigenvalue weighted by molar-refractivity contribution is 7.98. The Hall–Kier alpha value is -2.14. The first-order chi connectivity index (χ1) is 10.3. The minimum Gasteiger partial charge on any atom is -0.365 e. The third-order valence-electron chi connectivity index (χ3n) is 3.23. The van der Waals surface area contributed by atoms with E-state index in [2.05, 4.69) is 39.6 Å². The van der Waals surface area contributed by atoms with E-state index < -0.39 is 0 Å². The van der Waals surface area contributed by atoms with Gasteiger partial charge < -0.3 is 5.32 Å². The molecule has 5 heteroatoms. The monoisotopic (exact) mass is 299 g/mol. The Labute approximate surface area is 126 Å². The largest absolute Gasteiger partial charge is 0.365 e. The molecule has 2 aromatic carbocycles. The summed E-state index contributed by atoms with van der Waals surface area (Å²) in [4.78, 5) is 9.46. The van der Waals surface area contributed by atoms with Gasteiger partial charge in [-0.2, -0.15) is 0 Å². The summed E-state index contributed by atoms with van der Waals surface area (Å²) < 4.78 is 13.9. The van der Waals surface area contributed by atoms with E-state index in [-0.39, 0.29) is 5.82 Å². The zero-order chi connectivity index (χ0) is 14.7. The molecule has 0 amide bonds. The minimum atomic E-state index is -0.312. The summed E-state index contributed by atoms with van der Waals surface area (Å²) in [5.41, 5.74) is 1.72. The number of nitrogens with one attached hydrogen (secondary N) is 1. The fraction of sp³-hybridized carbons (Fsp3) is 0.125. The quantitative estimate of drug-likeness (QED) is 0.736. The highest BCUT2D eigenvalue weighted by Crippen LogP contribution is 2.23. The standard InChI is InChI=1S/C16H14FN3S/c1-21-12-7-5-11(6-8-12)9-18-16-15-13(17)3-2-4-14(15)19-10-20-16/h2-8,10H,9H2,1H3,(H,18,19,20). The number of fused-ring (bicyclic) bond motifs is 1. The molecule has 0 aliphatic carbocycles. The second kappa shape index (κ2) is 6.10. The van der Waals surface area contributed by atoms with Gasteiger partial charge in [-0.05, 0) is 36.1 Å². The lowest BCUT2D eigenvalue weighted by Gasteiger charge is -2.09. The third kappa shape index (κ3) is 2.97. The molecule has 1 N–H and O–H groups in total. The summed E-state index contributed by atoms with van der Waals surface area (Å²) in [7, 11) is 0. The summed E-state index contributed by atoms with van der Waals surface area (Å²) in [6, 6.07) is 13.1. The number of hydrogen-bond donors (Lipinski definition) is 1. The van der Waals surface area contributed by atoms with Gasteiger partial charge in [0.05, 0.1) is 10.9 Å². The van der Waals surface area contributed by atoms with Crippen LogP contribution in [0.2, 0.25) is 0 Å². The van der Waals surface area contributed by atoms with Crippen molar-refractivity contribution < 1.29 is 4.39 Å². The van der Waals surface area contributed by atoms with E-state index in [1.807, 2.05) is 6.26 Å². The van der Waals surface area contributed by atoms with Gasteiger partial charge in [0.2, 0.25) is 0 Å². The SMILES string of the molecule is CSc1ccc(CNc2ncnc3cccc(F)c23)cc1. The second-order valence-corrected chi connectivity index (χ2v) is 5.44. The number of anilines is 1. The van der Waals surface area contributed by atoms with E-state index in [0.717, 1.165) is 5.56 Å². The number of aromatic nitrogens is 2. The van der Waals surface area contributed by atoms with E-state index in [1.54, 1.807) is 23.9 Å². The van der Waals surface area contributed by atoms with Crippen molar-refractivity contribution in [2.24, 2.45) is 0 Å². The van der Waals surface area contributed by atoms with Crippen molar-refractivity contribution in [3.63, 3.8) is 0 Å². The minimum absolute atomic E-state index is 0.312. The Bertz CT molecular complexity index is 754. The number of nitrogens with zero attached hydrogens (tertiary/aromatic N) is 2. The van der Waals surface area contributed by atoms with Crippen molar-refractivity contribution in [3.05, 3.63) is 60.2 Å². The van der Waals surface area contributed by atoms with E-state index in [4.69, 9.17) is 0 Å². The molecule has 0 unspecified atom stereocenters. The summed E-state index contributed by atoms with van der Waals surface area (Å²) in [5.74, 6) is 0.209. The van der Waals surface area contributed by atoms with Crippen LogP contribution >= 0.6 is 11.8 Å². The van der Waals surface area contributed by atoms with Crippen molar-refractivity contribution in [1.82, 2.24) is 9.97 Å². The van der Waals surface area contributed by atoms with Crippen LogP contribution in [0.5, 0.6) is 0 Å². The summed E-state index contributed by atoms with van der Waals surface area (Å²) >= 11 is 1.71. The normalized spacial score (nSPS) is 10.8. The Kier molecular flexibility index (Phi) is 4.01. The van der Waals surface area contributed by atoms with Crippen LogP contribution in [0.15, 0.2) is 53.7 Å². The first-order valence-electron chi connectivity index (χ1n) is 6.54. The van der Waals surface area contributed by atoms with Gasteiger partial charge >= 0.3 is 0 Å². The topological polar surface area (TPSA) is 37.8 Å². The number of halogens is 1. The predicted molar refractivity (Wildman–Crippen MR) is 85.0 cm³/mol. The van der Waals surface area contributed by atoms with Gasteiger partial charge in [0.15, 0.2) is 0 Å². The molecular formula is C16H14FN3S. The first-order valence-corrected chi connectivity index (χ1v) is 7.76. The van der Waals surface area contributed by atoms with Gasteiger partial charge in [-0.3, -0.25) is 0 Å². The fourth-order valence-electron chi connectivity index (χ4n) is 2.13. The predicted octanol–water partition coefficient (Wildman–Crippen LogP) is 4.10. The van der Waals surface area contributed by atoms with Crippen molar-refractivity contribution in [2.45, 2.75) is 11.4 Å². The molecule has 21 heavy (non-hydrogen) atoms. The number of benzene rings is 2.